The molecule has 0 aliphatic heterocycles. The van der Waals surface area contributed by atoms with Crippen LogP contribution in [0.1, 0.15) is 78.1 Å². The van der Waals surface area contributed by atoms with Gasteiger partial charge in [0.25, 0.3) is 0 Å². The molecule has 4 saturated carbocycles. The van der Waals surface area contributed by atoms with Crippen molar-refractivity contribution in [3.63, 3.8) is 0 Å². The standard InChI is InChI=1S/C22H33F3O/c1-3-4-15-6-8-19-18-7-5-14-13-21(26,22(23,24)25)12-10-16(14)17(18)9-11-20(15,19)2/h4,14,16-19,26H,3,5-13H2,1-2H3/b15-4+/t14-,16+,17?,18?,19?,20?,21?/m1/s1. The van der Waals surface area contributed by atoms with E-state index in [4.69, 9.17) is 0 Å². The lowest BCUT2D eigenvalue weighted by Gasteiger charge is -2.56. The van der Waals surface area contributed by atoms with Gasteiger partial charge in [-0.25, -0.2) is 0 Å². The molecule has 5 unspecified atom stereocenters. The molecule has 0 aromatic heterocycles. The molecule has 0 saturated heterocycles. The first-order chi connectivity index (χ1) is 12.2. The summed E-state index contributed by atoms with van der Waals surface area (Å²) in [6.07, 6.45) is 6.28. The SMILES string of the molecule is CC/C=C1\CCC2C3CC[C@@H]4CC(O)(C(F)(F)F)CC[C@@H]4C3CCC12C. The van der Waals surface area contributed by atoms with E-state index in [1.807, 2.05) is 0 Å². The molecule has 0 spiro atoms. The molecule has 0 bridgehead atoms. The summed E-state index contributed by atoms with van der Waals surface area (Å²) >= 11 is 0. The molecule has 0 heterocycles. The fourth-order valence-corrected chi connectivity index (χ4v) is 7.57. The van der Waals surface area contributed by atoms with E-state index in [1.165, 1.54) is 25.7 Å². The minimum atomic E-state index is -4.48. The average molecular weight is 370 g/mol. The second-order valence-corrected chi connectivity index (χ2v) is 9.84. The number of hydrogen-bond acceptors (Lipinski definition) is 1. The van der Waals surface area contributed by atoms with Crippen molar-refractivity contribution in [2.45, 2.75) is 89.8 Å². The maximum atomic E-state index is 13.3. The van der Waals surface area contributed by atoms with E-state index in [2.05, 4.69) is 19.9 Å². The third-order valence-electron chi connectivity index (χ3n) is 8.84. The van der Waals surface area contributed by atoms with Crippen molar-refractivity contribution in [3.05, 3.63) is 11.6 Å². The molecule has 0 aromatic carbocycles. The van der Waals surface area contributed by atoms with E-state index in [0.717, 1.165) is 25.2 Å². The average Bonchev–Trinajstić information content (AvgIpc) is 2.90. The van der Waals surface area contributed by atoms with E-state index < -0.39 is 11.8 Å². The summed E-state index contributed by atoms with van der Waals surface area (Å²) in [6, 6.07) is 0. The van der Waals surface area contributed by atoms with Gasteiger partial charge in [0.15, 0.2) is 5.60 Å². The lowest BCUT2D eigenvalue weighted by molar-refractivity contribution is -0.282. The number of hydrogen-bond donors (Lipinski definition) is 1. The molecule has 4 aliphatic carbocycles. The molecule has 7 atom stereocenters. The Hall–Kier alpha value is -0.510. The van der Waals surface area contributed by atoms with Crippen LogP contribution in [0.4, 0.5) is 13.2 Å². The molecule has 4 aliphatic rings. The molecule has 4 fully saturated rings. The van der Waals surface area contributed by atoms with Crippen molar-refractivity contribution < 1.29 is 18.3 Å². The first-order valence-electron chi connectivity index (χ1n) is 10.7. The Balaban J connectivity index is 1.53. The fraction of sp³-hybridized carbons (Fsp3) is 0.909. The van der Waals surface area contributed by atoms with Crippen LogP contribution in [0, 0.1) is 35.0 Å². The Kier molecular flexibility index (Phi) is 4.53. The molecule has 1 N–H and O–H groups in total. The van der Waals surface area contributed by atoms with E-state index >= 15 is 0 Å². The third-order valence-corrected chi connectivity index (χ3v) is 8.84. The zero-order valence-corrected chi connectivity index (χ0v) is 16.1. The second-order valence-electron chi connectivity index (χ2n) is 9.84. The van der Waals surface area contributed by atoms with Crippen LogP contribution in [0.25, 0.3) is 0 Å². The number of allylic oxidation sites excluding steroid dienone is 2. The molecular weight excluding hydrogens is 337 g/mol. The highest BCUT2D eigenvalue weighted by Gasteiger charge is 2.61. The molecule has 0 amide bonds. The van der Waals surface area contributed by atoms with E-state index in [9.17, 15) is 18.3 Å². The van der Waals surface area contributed by atoms with Crippen LogP contribution in [0.15, 0.2) is 11.6 Å². The van der Waals surface area contributed by atoms with Gasteiger partial charge in [-0.15, -0.1) is 0 Å². The Morgan fingerprint density at radius 2 is 1.77 bits per heavy atom. The summed E-state index contributed by atoms with van der Waals surface area (Å²) in [7, 11) is 0. The van der Waals surface area contributed by atoms with Crippen molar-refractivity contribution in [1.82, 2.24) is 0 Å². The molecule has 0 radical (unpaired) electrons. The Morgan fingerprint density at radius 3 is 2.46 bits per heavy atom. The van der Waals surface area contributed by atoms with Crippen LogP contribution < -0.4 is 0 Å². The number of rotatable bonds is 1. The lowest BCUT2D eigenvalue weighted by Crippen LogP contribution is -2.54. The molecular formula is C22H33F3O. The molecule has 0 aromatic rings. The summed E-state index contributed by atoms with van der Waals surface area (Å²) in [5.41, 5.74) is -0.444. The predicted molar refractivity (Wildman–Crippen MR) is 96.5 cm³/mol. The summed E-state index contributed by atoms with van der Waals surface area (Å²) in [6.45, 7) is 4.67. The van der Waals surface area contributed by atoms with Crippen LogP contribution >= 0.6 is 0 Å². The van der Waals surface area contributed by atoms with E-state index in [1.54, 1.807) is 5.57 Å². The number of halogens is 3. The zero-order valence-electron chi connectivity index (χ0n) is 16.1. The largest absolute Gasteiger partial charge is 0.417 e. The highest BCUT2D eigenvalue weighted by molar-refractivity contribution is 5.23. The molecule has 148 valence electrons. The van der Waals surface area contributed by atoms with Crippen LogP contribution in [0.5, 0.6) is 0 Å². The van der Waals surface area contributed by atoms with Gasteiger partial charge < -0.3 is 5.11 Å². The van der Waals surface area contributed by atoms with Gasteiger partial charge in [-0.2, -0.15) is 13.2 Å². The Bertz CT molecular complexity index is 582. The molecule has 1 nitrogen and oxygen atoms in total. The number of aliphatic hydroxyl groups is 1. The van der Waals surface area contributed by atoms with Gasteiger partial charge >= 0.3 is 6.18 Å². The lowest BCUT2D eigenvalue weighted by atomic mass is 9.49. The summed E-state index contributed by atoms with van der Waals surface area (Å²) in [5, 5.41) is 10.2. The number of fused-ring (bicyclic) bond motifs is 5. The van der Waals surface area contributed by atoms with Gasteiger partial charge in [-0.1, -0.05) is 25.5 Å². The minimum absolute atomic E-state index is 0.0622. The van der Waals surface area contributed by atoms with Crippen LogP contribution in [0.2, 0.25) is 0 Å². The van der Waals surface area contributed by atoms with Crippen molar-refractivity contribution >= 4 is 0 Å². The van der Waals surface area contributed by atoms with Gasteiger partial charge in [0, 0.05) is 0 Å². The normalized spacial score (nSPS) is 50.2. The van der Waals surface area contributed by atoms with Crippen molar-refractivity contribution in [3.8, 4) is 0 Å². The van der Waals surface area contributed by atoms with Gasteiger partial charge in [-0.05, 0) is 99.2 Å². The van der Waals surface area contributed by atoms with Gasteiger partial charge in [-0.3, -0.25) is 0 Å². The van der Waals surface area contributed by atoms with Crippen LogP contribution in [-0.4, -0.2) is 16.9 Å². The van der Waals surface area contributed by atoms with Crippen molar-refractivity contribution in [2.24, 2.45) is 35.0 Å². The first kappa shape index (κ1) is 18.8. The Labute approximate surface area is 155 Å². The van der Waals surface area contributed by atoms with Crippen LogP contribution in [-0.2, 0) is 0 Å². The highest BCUT2D eigenvalue weighted by Crippen LogP contribution is 2.65. The van der Waals surface area contributed by atoms with E-state index in [0.29, 0.717) is 29.6 Å². The van der Waals surface area contributed by atoms with Crippen molar-refractivity contribution in [1.29, 1.82) is 0 Å². The minimum Gasteiger partial charge on any atom is -0.380 e. The van der Waals surface area contributed by atoms with Gasteiger partial charge in [0.05, 0.1) is 0 Å². The zero-order chi connectivity index (χ0) is 18.7. The summed E-state index contributed by atoms with van der Waals surface area (Å²) < 4.78 is 39.9. The van der Waals surface area contributed by atoms with Crippen LogP contribution in [0.3, 0.4) is 0 Å². The Morgan fingerprint density at radius 1 is 1.04 bits per heavy atom. The van der Waals surface area contributed by atoms with E-state index in [-0.39, 0.29) is 18.8 Å². The first-order valence-corrected chi connectivity index (χ1v) is 10.7. The fourth-order valence-electron chi connectivity index (χ4n) is 7.57. The highest BCUT2D eigenvalue weighted by atomic mass is 19.4. The summed E-state index contributed by atoms with van der Waals surface area (Å²) in [5.74, 6) is 2.47. The monoisotopic (exact) mass is 370 g/mol. The molecule has 4 rings (SSSR count). The van der Waals surface area contributed by atoms with Gasteiger partial charge in [0.1, 0.15) is 0 Å². The summed E-state index contributed by atoms with van der Waals surface area (Å²) in [4.78, 5) is 0. The molecule has 26 heavy (non-hydrogen) atoms. The van der Waals surface area contributed by atoms with Gasteiger partial charge in [0.2, 0.25) is 0 Å². The quantitative estimate of drug-likeness (QED) is 0.539. The van der Waals surface area contributed by atoms with Crippen molar-refractivity contribution in [2.75, 3.05) is 0 Å². The predicted octanol–water partition coefficient (Wildman–Crippen LogP) is 6.27. The smallest absolute Gasteiger partial charge is 0.380 e. The maximum absolute atomic E-state index is 13.3. The molecule has 4 heteroatoms. The topological polar surface area (TPSA) is 20.2 Å². The number of alkyl halides is 3. The third kappa shape index (κ3) is 2.69. The maximum Gasteiger partial charge on any atom is 0.417 e. The second kappa shape index (κ2) is 6.25.